The average molecular weight is 263 g/mol. The standard InChI is InChI=1S/C13H14FN3O2/c1-17-8-7-15-12(17)11(16-13(18)19-2)9-5-3-4-6-10(9)14/h3-8,11H,1-2H3,(H,16,18). The van der Waals surface area contributed by atoms with Crippen LogP contribution in [0.15, 0.2) is 36.7 Å². The molecule has 0 spiro atoms. The molecular weight excluding hydrogens is 249 g/mol. The number of nitrogens with zero attached hydrogens (tertiary/aromatic N) is 2. The summed E-state index contributed by atoms with van der Waals surface area (Å²) in [5.41, 5.74) is 0.335. The predicted octanol–water partition coefficient (Wildman–Crippen LogP) is 2.00. The van der Waals surface area contributed by atoms with Gasteiger partial charge in [-0.25, -0.2) is 14.2 Å². The topological polar surface area (TPSA) is 56.1 Å². The maximum atomic E-state index is 13.9. The molecule has 0 aliphatic carbocycles. The molecule has 1 unspecified atom stereocenters. The van der Waals surface area contributed by atoms with E-state index in [2.05, 4.69) is 15.0 Å². The van der Waals surface area contributed by atoms with E-state index in [1.807, 2.05) is 0 Å². The molecule has 2 rings (SSSR count). The molecule has 19 heavy (non-hydrogen) atoms. The number of carbonyl (C=O) groups excluding carboxylic acids is 1. The third kappa shape index (κ3) is 2.73. The van der Waals surface area contributed by atoms with E-state index >= 15 is 0 Å². The Labute approximate surface area is 110 Å². The van der Waals surface area contributed by atoms with Crippen LogP contribution in [0.25, 0.3) is 0 Å². The Morgan fingerprint density at radius 2 is 2.21 bits per heavy atom. The Morgan fingerprint density at radius 1 is 1.47 bits per heavy atom. The van der Waals surface area contributed by atoms with E-state index in [1.165, 1.54) is 13.2 Å². The summed E-state index contributed by atoms with van der Waals surface area (Å²) in [6.45, 7) is 0. The number of aromatic nitrogens is 2. The van der Waals surface area contributed by atoms with Crippen molar-refractivity contribution in [3.8, 4) is 0 Å². The van der Waals surface area contributed by atoms with Crippen LogP contribution < -0.4 is 5.32 Å². The minimum Gasteiger partial charge on any atom is -0.453 e. The lowest BCUT2D eigenvalue weighted by Gasteiger charge is -2.18. The summed E-state index contributed by atoms with van der Waals surface area (Å²) in [5.74, 6) is 0.113. The van der Waals surface area contributed by atoms with Crippen LogP contribution in [0.4, 0.5) is 9.18 Å². The first kappa shape index (κ1) is 13.1. The molecule has 6 heteroatoms. The van der Waals surface area contributed by atoms with Gasteiger partial charge in [0.15, 0.2) is 0 Å². The third-order valence-electron chi connectivity index (χ3n) is 2.78. The highest BCUT2D eigenvalue weighted by molar-refractivity contribution is 5.68. The largest absolute Gasteiger partial charge is 0.453 e. The molecule has 0 bridgehead atoms. The second-order valence-electron chi connectivity index (χ2n) is 3.99. The number of amides is 1. The summed E-state index contributed by atoms with van der Waals surface area (Å²) in [4.78, 5) is 15.6. The molecule has 5 nitrogen and oxygen atoms in total. The van der Waals surface area contributed by atoms with E-state index in [4.69, 9.17) is 0 Å². The van der Waals surface area contributed by atoms with Crippen LogP contribution in [0.5, 0.6) is 0 Å². The Morgan fingerprint density at radius 3 is 2.79 bits per heavy atom. The van der Waals surface area contributed by atoms with Gasteiger partial charge in [0, 0.05) is 25.0 Å². The fourth-order valence-corrected chi connectivity index (χ4v) is 1.82. The van der Waals surface area contributed by atoms with Gasteiger partial charge in [0.2, 0.25) is 0 Å². The summed E-state index contributed by atoms with van der Waals surface area (Å²) < 4.78 is 20.2. The number of alkyl carbamates (subject to hydrolysis) is 1. The lowest BCUT2D eigenvalue weighted by Crippen LogP contribution is -2.31. The molecule has 1 aromatic heterocycles. The van der Waals surface area contributed by atoms with Gasteiger partial charge < -0.3 is 14.6 Å². The SMILES string of the molecule is COC(=O)NC(c1ccccc1F)c1nccn1C. The summed E-state index contributed by atoms with van der Waals surface area (Å²) in [7, 11) is 3.03. The number of benzene rings is 1. The van der Waals surface area contributed by atoms with Gasteiger partial charge in [-0.1, -0.05) is 18.2 Å². The van der Waals surface area contributed by atoms with Crippen molar-refractivity contribution in [3.05, 3.63) is 53.9 Å². The summed E-state index contributed by atoms with van der Waals surface area (Å²) in [6.07, 6.45) is 2.67. The zero-order valence-corrected chi connectivity index (χ0v) is 10.6. The van der Waals surface area contributed by atoms with Gasteiger partial charge in [-0.15, -0.1) is 0 Å². The minimum absolute atomic E-state index is 0.335. The van der Waals surface area contributed by atoms with E-state index < -0.39 is 18.0 Å². The number of rotatable bonds is 3. The van der Waals surface area contributed by atoms with Gasteiger partial charge in [0.25, 0.3) is 0 Å². The van der Waals surface area contributed by atoms with Crippen LogP contribution in [0, 0.1) is 5.82 Å². The Hall–Kier alpha value is -2.37. The molecule has 1 N–H and O–H groups in total. The molecule has 0 saturated carbocycles. The van der Waals surface area contributed by atoms with Crippen LogP contribution in [0.1, 0.15) is 17.4 Å². The lowest BCUT2D eigenvalue weighted by atomic mass is 10.1. The third-order valence-corrected chi connectivity index (χ3v) is 2.78. The van der Waals surface area contributed by atoms with Gasteiger partial charge in [-0.2, -0.15) is 0 Å². The van der Waals surface area contributed by atoms with E-state index in [0.717, 1.165) is 0 Å². The molecule has 1 atom stereocenters. The summed E-state index contributed by atoms with van der Waals surface area (Å²) in [6, 6.07) is 5.53. The fraction of sp³-hybridized carbons (Fsp3) is 0.231. The smallest absolute Gasteiger partial charge is 0.407 e. The highest BCUT2D eigenvalue weighted by Gasteiger charge is 2.23. The summed E-state index contributed by atoms with van der Waals surface area (Å²) in [5, 5.41) is 2.58. The first-order valence-corrected chi connectivity index (χ1v) is 5.69. The Bertz CT molecular complexity index is 583. The Kier molecular flexibility index (Phi) is 3.79. The second kappa shape index (κ2) is 5.51. The lowest BCUT2D eigenvalue weighted by molar-refractivity contribution is 0.167. The first-order valence-electron chi connectivity index (χ1n) is 5.69. The average Bonchev–Trinajstić information content (AvgIpc) is 2.83. The quantitative estimate of drug-likeness (QED) is 0.921. The fourth-order valence-electron chi connectivity index (χ4n) is 1.82. The molecule has 1 heterocycles. The van der Waals surface area contributed by atoms with Crippen molar-refractivity contribution in [2.75, 3.05) is 7.11 Å². The zero-order chi connectivity index (χ0) is 13.8. The predicted molar refractivity (Wildman–Crippen MR) is 67.0 cm³/mol. The maximum absolute atomic E-state index is 13.9. The molecule has 0 aliphatic heterocycles. The van der Waals surface area contributed by atoms with Gasteiger partial charge >= 0.3 is 6.09 Å². The van der Waals surface area contributed by atoms with Crippen molar-refractivity contribution in [1.82, 2.24) is 14.9 Å². The zero-order valence-electron chi connectivity index (χ0n) is 10.6. The van der Waals surface area contributed by atoms with E-state index in [0.29, 0.717) is 11.4 Å². The first-order chi connectivity index (χ1) is 9.13. The number of aryl methyl sites for hydroxylation is 1. The molecule has 1 aromatic carbocycles. The molecule has 2 aromatic rings. The highest BCUT2D eigenvalue weighted by Crippen LogP contribution is 2.22. The second-order valence-corrected chi connectivity index (χ2v) is 3.99. The van der Waals surface area contributed by atoms with Crippen LogP contribution >= 0.6 is 0 Å². The number of carbonyl (C=O) groups is 1. The van der Waals surface area contributed by atoms with Crippen LogP contribution in [-0.2, 0) is 11.8 Å². The number of halogens is 1. The van der Waals surface area contributed by atoms with Gasteiger partial charge in [-0.3, -0.25) is 0 Å². The van der Waals surface area contributed by atoms with Crippen LogP contribution in [0.3, 0.4) is 0 Å². The number of imidazole rings is 1. The van der Waals surface area contributed by atoms with Crippen molar-refractivity contribution in [1.29, 1.82) is 0 Å². The molecule has 0 aliphatic rings. The number of ether oxygens (including phenoxy) is 1. The molecule has 1 amide bonds. The van der Waals surface area contributed by atoms with Crippen molar-refractivity contribution in [2.24, 2.45) is 7.05 Å². The number of methoxy groups -OCH3 is 1. The Balaban J connectivity index is 2.43. The number of hydrogen-bond donors (Lipinski definition) is 1. The van der Waals surface area contributed by atoms with Crippen molar-refractivity contribution < 1.29 is 13.9 Å². The van der Waals surface area contributed by atoms with Gasteiger partial charge in [0.05, 0.1) is 7.11 Å². The normalized spacial score (nSPS) is 11.9. The molecule has 100 valence electrons. The van der Waals surface area contributed by atoms with E-state index in [9.17, 15) is 9.18 Å². The van der Waals surface area contributed by atoms with Crippen LogP contribution in [-0.4, -0.2) is 22.8 Å². The monoisotopic (exact) mass is 263 g/mol. The van der Waals surface area contributed by atoms with Gasteiger partial charge in [0.1, 0.15) is 17.7 Å². The van der Waals surface area contributed by atoms with Crippen molar-refractivity contribution >= 4 is 6.09 Å². The minimum atomic E-state index is -0.700. The van der Waals surface area contributed by atoms with Crippen molar-refractivity contribution in [3.63, 3.8) is 0 Å². The molecule has 0 saturated heterocycles. The molecule has 0 radical (unpaired) electrons. The highest BCUT2D eigenvalue weighted by atomic mass is 19.1. The molecule has 0 fully saturated rings. The number of hydrogen-bond acceptors (Lipinski definition) is 3. The number of nitrogens with one attached hydrogen (secondary N) is 1. The van der Waals surface area contributed by atoms with Crippen molar-refractivity contribution in [2.45, 2.75) is 6.04 Å². The summed E-state index contributed by atoms with van der Waals surface area (Å²) >= 11 is 0. The van der Waals surface area contributed by atoms with Crippen LogP contribution in [0.2, 0.25) is 0 Å². The van der Waals surface area contributed by atoms with E-state index in [-0.39, 0.29) is 0 Å². The van der Waals surface area contributed by atoms with E-state index in [1.54, 1.807) is 42.2 Å². The maximum Gasteiger partial charge on any atom is 0.407 e. The van der Waals surface area contributed by atoms with Gasteiger partial charge in [-0.05, 0) is 6.07 Å². The molecular formula is C13H14FN3O2.